The van der Waals surface area contributed by atoms with Gasteiger partial charge in [0.05, 0.1) is 11.3 Å². The van der Waals surface area contributed by atoms with E-state index in [4.69, 9.17) is 4.74 Å². The average Bonchev–Trinajstić information content (AvgIpc) is 2.62. The SMILES string of the molecule is O=C(CCNS(=O)(=O)c1ccc(F)c(F)c1)OCC(=O)c1ccc(F)cc1. The van der Waals surface area contributed by atoms with Gasteiger partial charge in [-0.3, -0.25) is 9.59 Å². The third-order valence-corrected chi connectivity index (χ3v) is 4.81. The number of hydrogen-bond acceptors (Lipinski definition) is 5. The predicted molar refractivity (Wildman–Crippen MR) is 87.9 cm³/mol. The Hall–Kier alpha value is -2.72. The monoisotopic (exact) mass is 401 g/mol. The second-order valence-electron chi connectivity index (χ2n) is 5.31. The van der Waals surface area contributed by atoms with Crippen molar-refractivity contribution in [2.75, 3.05) is 13.2 Å². The first-order chi connectivity index (χ1) is 12.7. The highest BCUT2D eigenvalue weighted by molar-refractivity contribution is 7.89. The van der Waals surface area contributed by atoms with E-state index in [2.05, 4.69) is 0 Å². The van der Waals surface area contributed by atoms with E-state index in [1.54, 1.807) is 0 Å². The Bertz CT molecular complexity index is 946. The molecule has 0 unspecified atom stereocenters. The fourth-order valence-corrected chi connectivity index (χ4v) is 3.00. The molecule has 2 aromatic carbocycles. The van der Waals surface area contributed by atoms with Gasteiger partial charge < -0.3 is 4.74 Å². The predicted octanol–water partition coefficient (Wildman–Crippen LogP) is 2.20. The number of esters is 1. The van der Waals surface area contributed by atoms with E-state index in [0.29, 0.717) is 12.1 Å². The third kappa shape index (κ3) is 5.90. The molecule has 0 bridgehead atoms. The number of sulfonamides is 1. The summed E-state index contributed by atoms with van der Waals surface area (Å²) in [5.41, 5.74) is 0.156. The fourth-order valence-electron chi connectivity index (χ4n) is 1.95. The molecular weight excluding hydrogens is 387 g/mol. The van der Waals surface area contributed by atoms with Crippen molar-refractivity contribution in [2.45, 2.75) is 11.3 Å². The molecule has 0 spiro atoms. The molecule has 0 saturated carbocycles. The Morgan fingerprint density at radius 2 is 1.63 bits per heavy atom. The fraction of sp³-hybridized carbons (Fsp3) is 0.176. The van der Waals surface area contributed by atoms with Crippen LogP contribution in [-0.2, 0) is 19.6 Å². The normalized spacial score (nSPS) is 11.2. The van der Waals surface area contributed by atoms with Crippen molar-refractivity contribution in [3.63, 3.8) is 0 Å². The molecular formula is C17H14F3NO5S. The van der Waals surface area contributed by atoms with Gasteiger partial charge in [-0.2, -0.15) is 0 Å². The van der Waals surface area contributed by atoms with Crippen molar-refractivity contribution in [3.8, 4) is 0 Å². The first-order valence-corrected chi connectivity index (χ1v) is 9.06. The number of nitrogens with one attached hydrogen (secondary N) is 1. The molecule has 6 nitrogen and oxygen atoms in total. The number of Topliss-reactive ketones (excluding diaryl/α,β-unsaturated/α-hetero) is 1. The lowest BCUT2D eigenvalue weighted by atomic mass is 10.1. The molecule has 0 aliphatic heterocycles. The number of hydrogen-bond donors (Lipinski definition) is 1. The highest BCUT2D eigenvalue weighted by Gasteiger charge is 2.17. The summed E-state index contributed by atoms with van der Waals surface area (Å²) in [5, 5.41) is 0. The van der Waals surface area contributed by atoms with Gasteiger partial charge in [-0.25, -0.2) is 26.3 Å². The summed E-state index contributed by atoms with van der Waals surface area (Å²) in [6, 6.07) is 6.70. The van der Waals surface area contributed by atoms with Gasteiger partial charge in [-0.15, -0.1) is 0 Å². The highest BCUT2D eigenvalue weighted by Crippen LogP contribution is 2.13. The molecule has 2 rings (SSSR count). The van der Waals surface area contributed by atoms with Gasteiger partial charge in [-0.05, 0) is 42.5 Å². The molecule has 2 aromatic rings. The summed E-state index contributed by atoms with van der Waals surface area (Å²) in [5.74, 6) is -4.43. The van der Waals surface area contributed by atoms with Crippen LogP contribution >= 0.6 is 0 Å². The summed E-state index contributed by atoms with van der Waals surface area (Å²) in [6.07, 6.45) is -0.389. The molecule has 0 atom stereocenters. The van der Waals surface area contributed by atoms with Crippen molar-refractivity contribution in [3.05, 3.63) is 65.5 Å². The summed E-state index contributed by atoms with van der Waals surface area (Å²) in [6.45, 7) is -0.953. The van der Waals surface area contributed by atoms with Crippen LogP contribution in [0.5, 0.6) is 0 Å². The van der Waals surface area contributed by atoms with Gasteiger partial charge in [0.25, 0.3) is 0 Å². The minimum absolute atomic E-state index is 0.156. The zero-order valence-corrected chi connectivity index (χ0v) is 14.6. The number of ether oxygens (including phenoxy) is 1. The highest BCUT2D eigenvalue weighted by atomic mass is 32.2. The molecule has 0 fully saturated rings. The number of rotatable bonds is 8. The lowest BCUT2D eigenvalue weighted by molar-refractivity contribution is -0.142. The standard InChI is InChI=1S/C17H14F3NO5S/c18-12-3-1-11(2-4-12)16(22)10-26-17(23)7-8-21-27(24,25)13-5-6-14(19)15(20)9-13/h1-6,9,21H,7-8,10H2. The zero-order chi connectivity index (χ0) is 20.0. The molecule has 1 N–H and O–H groups in total. The minimum Gasteiger partial charge on any atom is -0.457 e. The Morgan fingerprint density at radius 1 is 0.963 bits per heavy atom. The number of benzene rings is 2. The molecule has 144 valence electrons. The molecule has 27 heavy (non-hydrogen) atoms. The van der Waals surface area contributed by atoms with Crippen LogP contribution < -0.4 is 4.72 Å². The topological polar surface area (TPSA) is 89.5 Å². The van der Waals surface area contributed by atoms with E-state index in [0.717, 1.165) is 18.2 Å². The molecule has 0 aromatic heterocycles. The molecule has 0 aliphatic rings. The Balaban J connectivity index is 1.80. The lowest BCUT2D eigenvalue weighted by Gasteiger charge is -2.07. The van der Waals surface area contributed by atoms with E-state index < -0.39 is 50.7 Å². The molecule has 10 heteroatoms. The third-order valence-electron chi connectivity index (χ3n) is 3.35. The first-order valence-electron chi connectivity index (χ1n) is 7.58. The first kappa shape index (κ1) is 20.6. The van der Waals surface area contributed by atoms with Crippen LogP contribution in [0.25, 0.3) is 0 Å². The Morgan fingerprint density at radius 3 is 2.26 bits per heavy atom. The number of carbonyl (C=O) groups is 2. The van der Waals surface area contributed by atoms with Crippen LogP contribution in [0.15, 0.2) is 47.4 Å². The van der Waals surface area contributed by atoms with Gasteiger partial charge >= 0.3 is 5.97 Å². The van der Waals surface area contributed by atoms with Gasteiger partial charge in [0.15, 0.2) is 24.0 Å². The summed E-state index contributed by atoms with van der Waals surface area (Å²) >= 11 is 0. The second kappa shape index (κ2) is 8.78. The van der Waals surface area contributed by atoms with Crippen LogP contribution in [0.4, 0.5) is 13.2 Å². The van der Waals surface area contributed by atoms with Crippen LogP contribution in [0.2, 0.25) is 0 Å². The van der Waals surface area contributed by atoms with Crippen molar-refractivity contribution >= 4 is 21.8 Å². The van der Waals surface area contributed by atoms with Crippen LogP contribution in [0.1, 0.15) is 16.8 Å². The quantitative estimate of drug-likeness (QED) is 0.541. The average molecular weight is 401 g/mol. The molecule has 0 saturated heterocycles. The van der Waals surface area contributed by atoms with Crippen molar-refractivity contribution in [1.29, 1.82) is 0 Å². The zero-order valence-electron chi connectivity index (χ0n) is 13.7. The van der Waals surface area contributed by atoms with E-state index in [1.807, 2.05) is 4.72 Å². The molecule has 0 aliphatic carbocycles. The van der Waals surface area contributed by atoms with Gasteiger partial charge in [0, 0.05) is 12.1 Å². The summed E-state index contributed by atoms with van der Waals surface area (Å²) in [7, 11) is -4.14. The Labute approximate surface area is 153 Å². The smallest absolute Gasteiger partial charge is 0.307 e. The maximum absolute atomic E-state index is 13.1. The summed E-state index contributed by atoms with van der Waals surface area (Å²) < 4.78 is 69.3. The second-order valence-corrected chi connectivity index (χ2v) is 7.08. The summed E-state index contributed by atoms with van der Waals surface area (Å²) in [4.78, 5) is 22.8. The van der Waals surface area contributed by atoms with Gasteiger partial charge in [0.1, 0.15) is 5.82 Å². The molecule has 0 heterocycles. The largest absolute Gasteiger partial charge is 0.457 e. The van der Waals surface area contributed by atoms with Crippen molar-refractivity contribution < 1.29 is 35.9 Å². The maximum Gasteiger partial charge on any atom is 0.307 e. The van der Waals surface area contributed by atoms with Gasteiger partial charge in [-0.1, -0.05) is 0 Å². The Kier molecular flexibility index (Phi) is 6.70. The van der Waals surface area contributed by atoms with E-state index in [-0.39, 0.29) is 18.5 Å². The van der Waals surface area contributed by atoms with Gasteiger partial charge in [0.2, 0.25) is 10.0 Å². The molecule has 0 radical (unpaired) electrons. The lowest BCUT2D eigenvalue weighted by Crippen LogP contribution is -2.27. The van der Waals surface area contributed by atoms with Crippen molar-refractivity contribution in [2.24, 2.45) is 0 Å². The van der Waals surface area contributed by atoms with Crippen molar-refractivity contribution in [1.82, 2.24) is 4.72 Å². The van der Waals surface area contributed by atoms with Crippen LogP contribution in [-0.4, -0.2) is 33.3 Å². The minimum atomic E-state index is -4.14. The van der Waals surface area contributed by atoms with E-state index in [9.17, 15) is 31.2 Å². The number of ketones is 1. The van der Waals surface area contributed by atoms with Crippen LogP contribution in [0.3, 0.4) is 0 Å². The van der Waals surface area contributed by atoms with E-state index in [1.165, 1.54) is 12.1 Å². The molecule has 0 amide bonds. The van der Waals surface area contributed by atoms with E-state index >= 15 is 0 Å². The number of halogens is 3. The van der Waals surface area contributed by atoms with Crippen LogP contribution in [0, 0.1) is 17.5 Å². The number of carbonyl (C=O) groups excluding carboxylic acids is 2. The maximum atomic E-state index is 13.1.